The number of carbonyl (C=O) groups is 1. The molecule has 94 valence electrons. The number of nitrogens with zero attached hydrogens (tertiary/aromatic N) is 1. The van der Waals surface area contributed by atoms with Crippen LogP contribution in [-0.2, 0) is 4.79 Å². The van der Waals surface area contributed by atoms with Crippen LogP contribution in [0.25, 0.3) is 0 Å². The van der Waals surface area contributed by atoms with Crippen molar-refractivity contribution in [2.24, 2.45) is 5.41 Å². The Bertz CT molecular complexity index is 307. The van der Waals surface area contributed by atoms with Crippen LogP contribution < -0.4 is 5.32 Å². The number of hydrogen-bond acceptors (Lipinski definition) is 2. The third kappa shape index (κ3) is 3.89. The molecular weight excluding hydrogens is 212 g/mol. The van der Waals surface area contributed by atoms with Gasteiger partial charge in [0.1, 0.15) is 5.41 Å². The van der Waals surface area contributed by atoms with Crippen molar-refractivity contribution >= 4 is 5.91 Å². The molecule has 1 N–H and O–H groups in total. The lowest BCUT2D eigenvalue weighted by molar-refractivity contribution is -0.128. The molecule has 0 aromatic heterocycles. The third-order valence-electron chi connectivity index (χ3n) is 3.44. The van der Waals surface area contributed by atoms with Crippen molar-refractivity contribution in [1.82, 2.24) is 5.32 Å². The highest BCUT2D eigenvalue weighted by Crippen LogP contribution is 2.34. The molecule has 17 heavy (non-hydrogen) atoms. The smallest absolute Gasteiger partial charge is 0.240 e. The molecule has 1 fully saturated rings. The summed E-state index contributed by atoms with van der Waals surface area (Å²) in [6.45, 7) is 2.59. The Hall–Kier alpha value is -1.30. The average Bonchev–Trinajstić information content (AvgIpc) is 2.60. The van der Waals surface area contributed by atoms with E-state index in [0.717, 1.165) is 44.9 Å². The van der Waals surface area contributed by atoms with Gasteiger partial charge in [0.05, 0.1) is 6.07 Å². The standard InChI is InChI=1S/C14H22N2O/c1-2-3-8-11-16-13(17)14(12-15)9-6-4-5-7-10-14/h2-3H,4-11H2,1H3,(H,16,17)/b3-2+. The van der Waals surface area contributed by atoms with Gasteiger partial charge in [-0.1, -0.05) is 37.8 Å². The minimum absolute atomic E-state index is 0.0635. The number of hydrogen-bond donors (Lipinski definition) is 1. The molecule has 0 atom stereocenters. The first kappa shape index (κ1) is 13.8. The Kier molecular flexibility index (Phi) is 5.76. The van der Waals surface area contributed by atoms with Crippen LogP contribution in [0.4, 0.5) is 0 Å². The minimum Gasteiger partial charge on any atom is -0.354 e. The van der Waals surface area contributed by atoms with Crippen LogP contribution in [0.15, 0.2) is 12.2 Å². The monoisotopic (exact) mass is 234 g/mol. The predicted octanol–water partition coefficient (Wildman–Crippen LogP) is 2.93. The van der Waals surface area contributed by atoms with Crippen molar-refractivity contribution < 1.29 is 4.79 Å². The van der Waals surface area contributed by atoms with Crippen molar-refractivity contribution in [3.63, 3.8) is 0 Å². The summed E-state index contributed by atoms with van der Waals surface area (Å²) in [5, 5.41) is 12.2. The number of carbonyl (C=O) groups excluding carboxylic acids is 1. The maximum absolute atomic E-state index is 12.1. The molecule has 0 aromatic carbocycles. The van der Waals surface area contributed by atoms with E-state index >= 15 is 0 Å². The molecular formula is C14H22N2O. The van der Waals surface area contributed by atoms with Gasteiger partial charge < -0.3 is 5.32 Å². The van der Waals surface area contributed by atoms with E-state index in [1.54, 1.807) is 0 Å². The van der Waals surface area contributed by atoms with Crippen LogP contribution in [0.5, 0.6) is 0 Å². The van der Waals surface area contributed by atoms with Crippen molar-refractivity contribution in [2.75, 3.05) is 6.54 Å². The van der Waals surface area contributed by atoms with Gasteiger partial charge in [-0.15, -0.1) is 0 Å². The summed E-state index contributed by atoms with van der Waals surface area (Å²) in [4.78, 5) is 12.1. The van der Waals surface area contributed by atoms with Crippen molar-refractivity contribution in [1.29, 1.82) is 5.26 Å². The highest BCUT2D eigenvalue weighted by molar-refractivity contribution is 5.85. The first-order chi connectivity index (χ1) is 8.25. The van der Waals surface area contributed by atoms with Crippen molar-refractivity contribution in [2.45, 2.75) is 51.9 Å². The summed E-state index contributed by atoms with van der Waals surface area (Å²) < 4.78 is 0. The van der Waals surface area contributed by atoms with E-state index in [2.05, 4.69) is 11.4 Å². The normalized spacial score (nSPS) is 19.5. The Balaban J connectivity index is 2.53. The molecule has 1 rings (SSSR count). The molecule has 3 heteroatoms. The van der Waals surface area contributed by atoms with Crippen LogP contribution in [0.2, 0.25) is 0 Å². The van der Waals surface area contributed by atoms with E-state index in [-0.39, 0.29) is 5.91 Å². The largest absolute Gasteiger partial charge is 0.354 e. The van der Waals surface area contributed by atoms with E-state index in [0.29, 0.717) is 6.54 Å². The quantitative estimate of drug-likeness (QED) is 0.462. The van der Waals surface area contributed by atoms with Gasteiger partial charge in [-0.05, 0) is 26.2 Å². The molecule has 1 aliphatic carbocycles. The number of allylic oxidation sites excluding steroid dienone is 1. The van der Waals surface area contributed by atoms with Gasteiger partial charge >= 0.3 is 0 Å². The topological polar surface area (TPSA) is 52.9 Å². The van der Waals surface area contributed by atoms with Crippen LogP contribution in [0.3, 0.4) is 0 Å². The second-order valence-electron chi connectivity index (χ2n) is 4.72. The Morgan fingerprint density at radius 1 is 1.35 bits per heavy atom. The molecule has 0 spiro atoms. The molecule has 0 saturated heterocycles. The number of rotatable bonds is 4. The minimum atomic E-state index is -0.758. The predicted molar refractivity (Wildman–Crippen MR) is 68.2 cm³/mol. The Morgan fingerprint density at radius 3 is 2.53 bits per heavy atom. The second kappa shape index (κ2) is 7.11. The fraction of sp³-hybridized carbons (Fsp3) is 0.714. The molecule has 0 aromatic rings. The zero-order valence-corrected chi connectivity index (χ0v) is 10.7. The molecule has 1 amide bonds. The maximum atomic E-state index is 12.1. The molecule has 0 bridgehead atoms. The number of nitriles is 1. The average molecular weight is 234 g/mol. The Morgan fingerprint density at radius 2 is 2.00 bits per heavy atom. The molecule has 0 unspecified atom stereocenters. The highest BCUT2D eigenvalue weighted by Gasteiger charge is 2.38. The summed E-state index contributed by atoms with van der Waals surface area (Å²) in [7, 11) is 0. The van der Waals surface area contributed by atoms with E-state index in [4.69, 9.17) is 0 Å². The molecule has 3 nitrogen and oxygen atoms in total. The summed E-state index contributed by atoms with van der Waals surface area (Å²) in [5.74, 6) is -0.0635. The third-order valence-corrected chi connectivity index (χ3v) is 3.44. The first-order valence-corrected chi connectivity index (χ1v) is 6.56. The van der Waals surface area contributed by atoms with Gasteiger partial charge in [0.2, 0.25) is 5.91 Å². The zero-order valence-electron chi connectivity index (χ0n) is 10.7. The lowest BCUT2D eigenvalue weighted by atomic mass is 9.81. The van der Waals surface area contributed by atoms with Gasteiger partial charge in [0, 0.05) is 6.54 Å². The zero-order chi connectivity index (χ0) is 12.6. The molecule has 0 aliphatic heterocycles. The maximum Gasteiger partial charge on any atom is 0.240 e. The van der Waals surface area contributed by atoms with Gasteiger partial charge in [0.15, 0.2) is 0 Å². The van der Waals surface area contributed by atoms with E-state index < -0.39 is 5.41 Å². The van der Waals surface area contributed by atoms with E-state index in [1.165, 1.54) is 0 Å². The summed E-state index contributed by atoms with van der Waals surface area (Å²) in [5.41, 5.74) is -0.758. The van der Waals surface area contributed by atoms with Crippen LogP contribution in [0.1, 0.15) is 51.9 Å². The lowest BCUT2D eigenvalue weighted by Crippen LogP contribution is -2.40. The van der Waals surface area contributed by atoms with Gasteiger partial charge in [-0.25, -0.2) is 0 Å². The first-order valence-electron chi connectivity index (χ1n) is 6.56. The summed E-state index contributed by atoms with van der Waals surface area (Å²) >= 11 is 0. The highest BCUT2D eigenvalue weighted by atomic mass is 16.2. The fourth-order valence-electron chi connectivity index (χ4n) is 2.33. The second-order valence-corrected chi connectivity index (χ2v) is 4.72. The SMILES string of the molecule is C/C=C/CCNC(=O)C1(C#N)CCCCCC1. The van der Waals surface area contributed by atoms with Gasteiger partial charge in [-0.3, -0.25) is 4.79 Å². The molecule has 1 saturated carbocycles. The van der Waals surface area contributed by atoms with Gasteiger partial charge in [-0.2, -0.15) is 5.26 Å². The summed E-state index contributed by atoms with van der Waals surface area (Å²) in [6.07, 6.45) is 10.6. The van der Waals surface area contributed by atoms with Gasteiger partial charge in [0.25, 0.3) is 0 Å². The van der Waals surface area contributed by atoms with Crippen LogP contribution in [-0.4, -0.2) is 12.5 Å². The van der Waals surface area contributed by atoms with Crippen molar-refractivity contribution in [3.05, 3.63) is 12.2 Å². The Labute approximate surface area is 104 Å². The molecule has 0 heterocycles. The van der Waals surface area contributed by atoms with Crippen molar-refractivity contribution in [3.8, 4) is 6.07 Å². The van der Waals surface area contributed by atoms with Crippen LogP contribution in [0, 0.1) is 16.7 Å². The van der Waals surface area contributed by atoms with E-state index in [1.807, 2.05) is 19.1 Å². The molecule has 0 radical (unpaired) electrons. The van der Waals surface area contributed by atoms with Crippen LogP contribution >= 0.6 is 0 Å². The lowest BCUT2D eigenvalue weighted by Gasteiger charge is -2.23. The number of amides is 1. The number of nitrogens with one attached hydrogen (secondary N) is 1. The fourth-order valence-corrected chi connectivity index (χ4v) is 2.33. The summed E-state index contributed by atoms with van der Waals surface area (Å²) in [6, 6.07) is 2.27. The van der Waals surface area contributed by atoms with E-state index in [9.17, 15) is 10.1 Å². The molecule has 1 aliphatic rings.